The first kappa shape index (κ1) is 15.7. The van der Waals surface area contributed by atoms with Gasteiger partial charge in [-0.3, -0.25) is 4.79 Å². The van der Waals surface area contributed by atoms with Gasteiger partial charge in [-0.15, -0.1) is 11.3 Å². The summed E-state index contributed by atoms with van der Waals surface area (Å²) in [7, 11) is 0. The predicted molar refractivity (Wildman–Crippen MR) is 94.0 cm³/mol. The zero-order valence-electron chi connectivity index (χ0n) is 13.0. The number of anilines is 2. The van der Waals surface area contributed by atoms with Gasteiger partial charge in [0.1, 0.15) is 0 Å². The summed E-state index contributed by atoms with van der Waals surface area (Å²) in [6.07, 6.45) is 5.13. The van der Waals surface area contributed by atoms with Crippen molar-refractivity contribution in [3.05, 3.63) is 46.3 Å². The first-order valence-corrected chi connectivity index (χ1v) is 8.37. The number of carbonyl (C=O) groups is 1. The van der Waals surface area contributed by atoms with Crippen molar-refractivity contribution in [1.29, 1.82) is 0 Å². The third kappa shape index (κ3) is 4.18. The summed E-state index contributed by atoms with van der Waals surface area (Å²) in [5, 5.41) is 2.92. The number of amides is 1. The van der Waals surface area contributed by atoms with Crippen molar-refractivity contribution in [2.24, 2.45) is 0 Å². The highest BCUT2D eigenvalue weighted by atomic mass is 32.1. The predicted octanol–water partition coefficient (Wildman–Crippen LogP) is 2.94. The monoisotopic (exact) mass is 329 g/mol. The van der Waals surface area contributed by atoms with E-state index in [0.29, 0.717) is 13.2 Å². The minimum absolute atomic E-state index is 0.154. The zero-order valence-corrected chi connectivity index (χ0v) is 13.8. The summed E-state index contributed by atoms with van der Waals surface area (Å²) in [6, 6.07) is 7.75. The van der Waals surface area contributed by atoms with Gasteiger partial charge >= 0.3 is 0 Å². The smallest absolute Gasteiger partial charge is 0.248 e. The minimum Gasteiger partial charge on any atom is -0.378 e. The molecule has 3 heterocycles. The highest BCUT2D eigenvalue weighted by Crippen LogP contribution is 2.23. The van der Waals surface area contributed by atoms with Crippen LogP contribution in [0.15, 0.2) is 36.5 Å². The molecule has 0 atom stereocenters. The Morgan fingerprint density at radius 1 is 1.35 bits per heavy atom. The normalized spacial score (nSPS) is 15.1. The molecule has 5 nitrogen and oxygen atoms in total. The quantitative estimate of drug-likeness (QED) is 0.876. The largest absolute Gasteiger partial charge is 0.378 e. The van der Waals surface area contributed by atoms with Crippen molar-refractivity contribution in [2.75, 3.05) is 36.5 Å². The lowest BCUT2D eigenvalue weighted by Gasteiger charge is -2.29. The number of thiophene rings is 1. The number of aromatic nitrogens is 1. The second-order valence-electron chi connectivity index (χ2n) is 5.24. The van der Waals surface area contributed by atoms with Gasteiger partial charge < -0.3 is 15.0 Å². The topological polar surface area (TPSA) is 54.5 Å². The molecule has 0 radical (unpaired) electrons. The van der Waals surface area contributed by atoms with Gasteiger partial charge in [0.25, 0.3) is 0 Å². The number of morpholine rings is 1. The molecule has 1 aliphatic rings. The minimum atomic E-state index is -0.154. The second kappa shape index (κ2) is 7.39. The highest BCUT2D eigenvalue weighted by molar-refractivity contribution is 7.12. The molecule has 0 unspecified atom stereocenters. The van der Waals surface area contributed by atoms with Crippen LogP contribution < -0.4 is 10.2 Å². The molecule has 1 fully saturated rings. The maximum atomic E-state index is 12.2. The van der Waals surface area contributed by atoms with Gasteiger partial charge in [-0.1, -0.05) is 0 Å². The molecule has 1 amide bonds. The van der Waals surface area contributed by atoms with E-state index in [2.05, 4.69) is 15.2 Å². The standard InChI is InChI=1S/C17H19N3O2S/c1-13-4-5-14(23-13)6-7-16(21)19-15-3-2-8-18-17(15)20-9-11-22-12-10-20/h2-8H,9-12H2,1H3,(H,19,21)/b7-6+. The molecular weight excluding hydrogens is 310 g/mol. The number of nitrogens with zero attached hydrogens (tertiary/aromatic N) is 2. The summed E-state index contributed by atoms with van der Waals surface area (Å²) in [6.45, 7) is 4.98. The summed E-state index contributed by atoms with van der Waals surface area (Å²) < 4.78 is 5.36. The van der Waals surface area contributed by atoms with Crippen molar-refractivity contribution in [2.45, 2.75) is 6.92 Å². The third-order valence-electron chi connectivity index (χ3n) is 3.52. The van der Waals surface area contributed by atoms with Crippen LogP contribution in [-0.4, -0.2) is 37.2 Å². The van der Waals surface area contributed by atoms with Crippen LogP contribution in [0.1, 0.15) is 9.75 Å². The Bertz CT molecular complexity index is 705. The lowest BCUT2D eigenvalue weighted by Crippen LogP contribution is -2.37. The Labute approximate surface area is 139 Å². The highest BCUT2D eigenvalue weighted by Gasteiger charge is 2.16. The van der Waals surface area contributed by atoms with E-state index in [1.807, 2.05) is 37.3 Å². The molecular formula is C17H19N3O2S. The van der Waals surface area contributed by atoms with E-state index >= 15 is 0 Å². The molecule has 2 aromatic rings. The van der Waals surface area contributed by atoms with Crippen LogP contribution in [0.5, 0.6) is 0 Å². The number of pyridine rings is 1. The average molecular weight is 329 g/mol. The van der Waals surface area contributed by atoms with Crippen molar-refractivity contribution in [3.8, 4) is 0 Å². The summed E-state index contributed by atoms with van der Waals surface area (Å²) >= 11 is 1.66. The van der Waals surface area contributed by atoms with Crippen molar-refractivity contribution < 1.29 is 9.53 Å². The maximum absolute atomic E-state index is 12.2. The molecule has 0 aliphatic carbocycles. The molecule has 1 saturated heterocycles. The number of ether oxygens (including phenoxy) is 1. The van der Waals surface area contributed by atoms with Crippen LogP contribution in [0.2, 0.25) is 0 Å². The average Bonchev–Trinajstić information content (AvgIpc) is 3.00. The number of hydrogen-bond acceptors (Lipinski definition) is 5. The molecule has 0 saturated carbocycles. The van der Waals surface area contributed by atoms with Crippen LogP contribution in [0.25, 0.3) is 6.08 Å². The molecule has 0 bridgehead atoms. The molecule has 120 valence electrons. The van der Waals surface area contributed by atoms with Gasteiger partial charge in [0.15, 0.2) is 5.82 Å². The molecule has 23 heavy (non-hydrogen) atoms. The molecule has 0 aromatic carbocycles. The zero-order chi connectivity index (χ0) is 16.1. The van der Waals surface area contributed by atoms with E-state index in [1.54, 1.807) is 23.6 Å². The van der Waals surface area contributed by atoms with E-state index in [-0.39, 0.29) is 5.91 Å². The van der Waals surface area contributed by atoms with E-state index in [1.165, 1.54) is 4.88 Å². The number of nitrogens with one attached hydrogen (secondary N) is 1. The van der Waals surface area contributed by atoms with Crippen LogP contribution >= 0.6 is 11.3 Å². The second-order valence-corrected chi connectivity index (χ2v) is 6.56. The summed E-state index contributed by atoms with van der Waals surface area (Å²) in [5.74, 6) is 0.642. The van der Waals surface area contributed by atoms with E-state index in [9.17, 15) is 4.79 Å². The molecule has 1 aliphatic heterocycles. The number of aryl methyl sites for hydroxylation is 1. The van der Waals surface area contributed by atoms with Gasteiger partial charge in [-0.25, -0.2) is 4.98 Å². The Hall–Kier alpha value is -2.18. The molecule has 6 heteroatoms. The lowest BCUT2D eigenvalue weighted by molar-refractivity contribution is -0.111. The lowest BCUT2D eigenvalue weighted by atomic mass is 10.3. The molecule has 2 aromatic heterocycles. The van der Waals surface area contributed by atoms with Gasteiger partial charge in [0.05, 0.1) is 18.9 Å². The van der Waals surface area contributed by atoms with E-state index in [0.717, 1.165) is 29.5 Å². The first-order valence-electron chi connectivity index (χ1n) is 7.55. The van der Waals surface area contributed by atoms with E-state index in [4.69, 9.17) is 4.74 Å². The molecule has 1 N–H and O–H groups in total. The van der Waals surface area contributed by atoms with Crippen molar-refractivity contribution in [1.82, 2.24) is 4.98 Å². The van der Waals surface area contributed by atoms with Gasteiger partial charge in [-0.2, -0.15) is 0 Å². The molecule has 3 rings (SSSR count). The van der Waals surface area contributed by atoms with Crippen LogP contribution in [0.4, 0.5) is 11.5 Å². The van der Waals surface area contributed by atoms with Crippen molar-refractivity contribution >= 4 is 34.8 Å². The fourth-order valence-corrected chi connectivity index (χ4v) is 3.18. The van der Waals surface area contributed by atoms with Crippen LogP contribution in [0, 0.1) is 6.92 Å². The number of carbonyl (C=O) groups excluding carboxylic acids is 1. The van der Waals surface area contributed by atoms with Crippen LogP contribution in [-0.2, 0) is 9.53 Å². The fraction of sp³-hybridized carbons (Fsp3) is 0.294. The Morgan fingerprint density at radius 3 is 2.91 bits per heavy atom. The SMILES string of the molecule is Cc1ccc(/C=C/C(=O)Nc2cccnc2N2CCOCC2)s1. The third-order valence-corrected chi connectivity index (χ3v) is 4.48. The van der Waals surface area contributed by atoms with Crippen molar-refractivity contribution in [3.63, 3.8) is 0 Å². The van der Waals surface area contributed by atoms with Gasteiger partial charge in [0.2, 0.25) is 5.91 Å². The summed E-state index contributed by atoms with van der Waals surface area (Å²) in [5.41, 5.74) is 0.728. The van der Waals surface area contributed by atoms with E-state index < -0.39 is 0 Å². The first-order chi connectivity index (χ1) is 11.2. The Kier molecular flexibility index (Phi) is 5.05. The van der Waals surface area contributed by atoms with Gasteiger partial charge in [0, 0.05) is 35.1 Å². The number of hydrogen-bond donors (Lipinski definition) is 1. The van der Waals surface area contributed by atoms with Crippen LogP contribution in [0.3, 0.4) is 0 Å². The Balaban J connectivity index is 1.69. The summed E-state index contributed by atoms with van der Waals surface area (Å²) in [4.78, 5) is 21.0. The maximum Gasteiger partial charge on any atom is 0.248 e. The molecule has 0 spiro atoms. The Morgan fingerprint density at radius 2 is 2.17 bits per heavy atom. The fourth-order valence-electron chi connectivity index (χ4n) is 2.40. The number of rotatable bonds is 4. The van der Waals surface area contributed by atoms with Gasteiger partial charge in [-0.05, 0) is 37.3 Å².